The number of rotatable bonds is 4. The monoisotopic (exact) mass is 416 g/mol. The molecular formula is C25H24N2O2S. The van der Waals surface area contributed by atoms with Gasteiger partial charge >= 0.3 is 0 Å². The summed E-state index contributed by atoms with van der Waals surface area (Å²) in [6.45, 7) is 6.08. The van der Waals surface area contributed by atoms with Gasteiger partial charge in [-0.25, -0.2) is 0 Å². The van der Waals surface area contributed by atoms with E-state index in [1.807, 2.05) is 86.3 Å². The number of carbonyl (C=O) groups excluding carboxylic acids is 2. The molecule has 0 aromatic heterocycles. The van der Waals surface area contributed by atoms with Crippen LogP contribution in [-0.2, 0) is 4.79 Å². The highest BCUT2D eigenvalue weighted by Crippen LogP contribution is 2.42. The summed E-state index contributed by atoms with van der Waals surface area (Å²) in [6, 6.07) is 21.4. The molecular weight excluding hydrogens is 392 g/mol. The molecule has 0 saturated carbocycles. The zero-order valence-electron chi connectivity index (χ0n) is 17.3. The molecule has 1 heterocycles. The maximum atomic E-state index is 12.7. The van der Waals surface area contributed by atoms with Gasteiger partial charge in [0.2, 0.25) is 5.91 Å². The summed E-state index contributed by atoms with van der Waals surface area (Å²) in [7, 11) is 0. The van der Waals surface area contributed by atoms with Crippen LogP contribution in [0, 0.1) is 20.8 Å². The van der Waals surface area contributed by atoms with Gasteiger partial charge in [-0.1, -0.05) is 35.9 Å². The van der Waals surface area contributed by atoms with Crippen molar-refractivity contribution in [2.24, 2.45) is 0 Å². The minimum Gasteiger partial charge on any atom is -0.322 e. The Hall–Kier alpha value is -3.05. The molecule has 1 saturated heterocycles. The van der Waals surface area contributed by atoms with Gasteiger partial charge in [-0.3, -0.25) is 14.5 Å². The zero-order chi connectivity index (χ0) is 21.3. The molecule has 152 valence electrons. The van der Waals surface area contributed by atoms with Crippen LogP contribution < -0.4 is 10.2 Å². The molecule has 0 radical (unpaired) electrons. The molecule has 30 heavy (non-hydrogen) atoms. The number of benzene rings is 3. The van der Waals surface area contributed by atoms with Crippen LogP contribution in [0.5, 0.6) is 0 Å². The van der Waals surface area contributed by atoms with Crippen LogP contribution in [0.3, 0.4) is 0 Å². The van der Waals surface area contributed by atoms with E-state index in [1.54, 1.807) is 11.8 Å². The normalized spacial score (nSPS) is 16.0. The average molecular weight is 417 g/mol. The quantitative estimate of drug-likeness (QED) is 0.598. The second-order valence-electron chi connectivity index (χ2n) is 7.72. The standard InChI is InChI=1S/C25H24N2O2S/c1-16-7-9-19(10-8-16)24(29)26-21-6-4-5-20(14-21)25-27(23(28)15-30-25)22-12-17(2)11-18(3)13-22/h4-14,25H,15H2,1-3H3,(H,26,29)/t25-/m1/s1. The van der Waals surface area contributed by atoms with Crippen molar-refractivity contribution in [2.75, 3.05) is 16.0 Å². The fourth-order valence-electron chi connectivity index (χ4n) is 3.72. The topological polar surface area (TPSA) is 49.4 Å². The minimum atomic E-state index is -0.145. The van der Waals surface area contributed by atoms with Crippen LogP contribution in [0.1, 0.15) is 38.0 Å². The summed E-state index contributed by atoms with van der Waals surface area (Å²) in [4.78, 5) is 27.1. The van der Waals surface area contributed by atoms with Crippen LogP contribution in [-0.4, -0.2) is 17.6 Å². The van der Waals surface area contributed by atoms with Gasteiger partial charge in [0.15, 0.2) is 0 Å². The smallest absolute Gasteiger partial charge is 0.255 e. The molecule has 0 unspecified atom stereocenters. The summed E-state index contributed by atoms with van der Waals surface area (Å²) in [5.74, 6) is 0.398. The van der Waals surface area contributed by atoms with Crippen molar-refractivity contribution in [2.45, 2.75) is 26.1 Å². The van der Waals surface area contributed by atoms with Crippen LogP contribution >= 0.6 is 11.8 Å². The molecule has 0 aliphatic carbocycles. The van der Waals surface area contributed by atoms with Crippen molar-refractivity contribution >= 4 is 35.0 Å². The van der Waals surface area contributed by atoms with Crippen LogP contribution in [0.2, 0.25) is 0 Å². The molecule has 1 N–H and O–H groups in total. The lowest BCUT2D eigenvalue weighted by molar-refractivity contribution is -0.115. The molecule has 3 aromatic rings. The van der Waals surface area contributed by atoms with Crippen molar-refractivity contribution in [1.82, 2.24) is 0 Å². The molecule has 1 aliphatic heterocycles. The van der Waals surface area contributed by atoms with Gasteiger partial charge in [0.05, 0.1) is 5.75 Å². The van der Waals surface area contributed by atoms with E-state index in [2.05, 4.69) is 11.4 Å². The van der Waals surface area contributed by atoms with E-state index in [0.29, 0.717) is 11.3 Å². The van der Waals surface area contributed by atoms with Gasteiger partial charge < -0.3 is 5.32 Å². The van der Waals surface area contributed by atoms with Crippen molar-refractivity contribution in [3.8, 4) is 0 Å². The summed E-state index contributed by atoms with van der Waals surface area (Å²) in [5.41, 5.74) is 6.63. The van der Waals surface area contributed by atoms with E-state index in [4.69, 9.17) is 0 Å². The Balaban J connectivity index is 1.60. The van der Waals surface area contributed by atoms with E-state index < -0.39 is 0 Å². The second-order valence-corrected chi connectivity index (χ2v) is 8.79. The molecule has 3 aromatic carbocycles. The zero-order valence-corrected chi connectivity index (χ0v) is 18.1. The lowest BCUT2D eigenvalue weighted by Gasteiger charge is -2.25. The Morgan fingerprint density at radius 2 is 1.63 bits per heavy atom. The van der Waals surface area contributed by atoms with Gasteiger partial charge in [-0.05, 0) is 73.9 Å². The van der Waals surface area contributed by atoms with Crippen LogP contribution in [0.4, 0.5) is 11.4 Å². The van der Waals surface area contributed by atoms with E-state index in [-0.39, 0.29) is 17.2 Å². The Bertz CT molecular complexity index is 1090. The maximum Gasteiger partial charge on any atom is 0.255 e. The van der Waals surface area contributed by atoms with Crippen molar-refractivity contribution in [1.29, 1.82) is 0 Å². The van der Waals surface area contributed by atoms with Crippen LogP contribution in [0.15, 0.2) is 66.7 Å². The fourth-order valence-corrected chi connectivity index (χ4v) is 4.88. The first-order chi connectivity index (χ1) is 14.4. The lowest BCUT2D eigenvalue weighted by Crippen LogP contribution is -2.28. The van der Waals surface area contributed by atoms with Gasteiger partial charge in [-0.15, -0.1) is 11.8 Å². The fraction of sp³-hybridized carbons (Fsp3) is 0.200. The molecule has 0 bridgehead atoms. The van der Waals surface area contributed by atoms with E-state index >= 15 is 0 Å². The minimum absolute atomic E-state index is 0.101. The summed E-state index contributed by atoms with van der Waals surface area (Å²) in [5, 5.41) is 2.86. The number of thioether (sulfide) groups is 1. The first-order valence-electron chi connectivity index (χ1n) is 9.91. The Morgan fingerprint density at radius 1 is 0.933 bits per heavy atom. The van der Waals surface area contributed by atoms with Gasteiger partial charge in [0.1, 0.15) is 5.37 Å². The van der Waals surface area contributed by atoms with Crippen molar-refractivity contribution in [3.05, 3.63) is 94.5 Å². The number of nitrogens with one attached hydrogen (secondary N) is 1. The molecule has 2 amide bonds. The molecule has 4 rings (SSSR count). The molecule has 0 spiro atoms. The van der Waals surface area contributed by atoms with E-state index in [1.165, 1.54) is 0 Å². The molecule has 1 atom stereocenters. The third kappa shape index (κ3) is 4.26. The Labute approximate surface area is 181 Å². The third-order valence-electron chi connectivity index (χ3n) is 5.10. The lowest BCUT2D eigenvalue weighted by atomic mass is 10.1. The van der Waals surface area contributed by atoms with E-state index in [0.717, 1.165) is 33.6 Å². The first-order valence-corrected chi connectivity index (χ1v) is 11.0. The maximum absolute atomic E-state index is 12.7. The number of aryl methyl sites for hydroxylation is 3. The molecule has 5 heteroatoms. The second kappa shape index (κ2) is 8.36. The number of carbonyl (C=O) groups is 2. The highest BCUT2D eigenvalue weighted by molar-refractivity contribution is 8.00. The first kappa shape index (κ1) is 20.2. The number of amides is 2. The largest absolute Gasteiger partial charge is 0.322 e. The highest BCUT2D eigenvalue weighted by atomic mass is 32.2. The van der Waals surface area contributed by atoms with Crippen molar-refractivity contribution in [3.63, 3.8) is 0 Å². The van der Waals surface area contributed by atoms with Gasteiger partial charge in [-0.2, -0.15) is 0 Å². The number of hydrogen-bond donors (Lipinski definition) is 1. The number of nitrogens with zero attached hydrogens (tertiary/aromatic N) is 1. The predicted molar refractivity (Wildman–Crippen MR) is 124 cm³/mol. The highest BCUT2D eigenvalue weighted by Gasteiger charge is 2.34. The predicted octanol–water partition coefficient (Wildman–Crippen LogP) is 5.64. The number of anilines is 2. The molecule has 1 aliphatic rings. The summed E-state index contributed by atoms with van der Waals surface area (Å²) >= 11 is 1.61. The third-order valence-corrected chi connectivity index (χ3v) is 6.31. The Morgan fingerprint density at radius 3 is 2.33 bits per heavy atom. The molecule has 1 fully saturated rings. The summed E-state index contributed by atoms with van der Waals surface area (Å²) < 4.78 is 0. The van der Waals surface area contributed by atoms with Crippen LogP contribution in [0.25, 0.3) is 0 Å². The SMILES string of the molecule is Cc1ccc(C(=O)Nc2cccc([C@H]3SCC(=O)N3c3cc(C)cc(C)c3)c2)cc1. The average Bonchev–Trinajstić information content (AvgIpc) is 3.09. The van der Waals surface area contributed by atoms with Gasteiger partial charge in [0, 0.05) is 16.9 Å². The Kier molecular flexibility index (Phi) is 5.64. The van der Waals surface area contributed by atoms with Gasteiger partial charge in [0.25, 0.3) is 5.91 Å². The summed E-state index contributed by atoms with van der Waals surface area (Å²) in [6.07, 6.45) is 0. The molecule has 4 nitrogen and oxygen atoms in total. The number of hydrogen-bond acceptors (Lipinski definition) is 3. The van der Waals surface area contributed by atoms with E-state index in [9.17, 15) is 9.59 Å². The van der Waals surface area contributed by atoms with Crippen molar-refractivity contribution < 1.29 is 9.59 Å².